The van der Waals surface area contributed by atoms with Crippen molar-refractivity contribution in [2.24, 2.45) is 17.3 Å². The number of rotatable bonds is 2. The Hall–Kier alpha value is -0.610. The molecule has 0 radical (unpaired) electrons. The average molecular weight is 265 g/mol. The van der Waals surface area contributed by atoms with E-state index in [-0.39, 0.29) is 17.2 Å². The lowest BCUT2D eigenvalue weighted by Gasteiger charge is -2.63. The van der Waals surface area contributed by atoms with Crippen molar-refractivity contribution in [3.63, 3.8) is 0 Å². The van der Waals surface area contributed by atoms with Crippen LogP contribution in [0.4, 0.5) is 0 Å². The van der Waals surface area contributed by atoms with Crippen molar-refractivity contribution in [2.75, 3.05) is 6.61 Å². The van der Waals surface area contributed by atoms with E-state index in [1.54, 1.807) is 0 Å². The van der Waals surface area contributed by atoms with E-state index >= 15 is 0 Å². The van der Waals surface area contributed by atoms with Gasteiger partial charge in [0.15, 0.2) is 0 Å². The monoisotopic (exact) mass is 265 g/mol. The van der Waals surface area contributed by atoms with Crippen LogP contribution in [0.25, 0.3) is 0 Å². The van der Waals surface area contributed by atoms with Crippen molar-refractivity contribution in [3.05, 3.63) is 0 Å². The molecule has 106 valence electrons. The molecule has 0 aromatic rings. The number of fused-ring (bicyclic) bond motifs is 2. The second-order valence-electron chi connectivity index (χ2n) is 6.92. The van der Waals surface area contributed by atoms with E-state index in [2.05, 4.69) is 5.32 Å². The predicted molar refractivity (Wildman–Crippen MR) is 69.4 cm³/mol. The Balaban J connectivity index is 1.46. The quantitative estimate of drug-likeness (QED) is 0.789. The minimum Gasteiger partial charge on any atom is -0.392 e. The second-order valence-corrected chi connectivity index (χ2v) is 6.92. The van der Waals surface area contributed by atoms with E-state index < -0.39 is 6.10 Å². The zero-order valence-electron chi connectivity index (χ0n) is 11.3. The van der Waals surface area contributed by atoms with Crippen molar-refractivity contribution in [1.82, 2.24) is 5.32 Å². The highest BCUT2D eigenvalue weighted by molar-refractivity contribution is 5.80. The molecule has 3 saturated carbocycles. The second kappa shape index (κ2) is 4.19. The molecule has 4 nitrogen and oxygen atoms in total. The zero-order valence-corrected chi connectivity index (χ0v) is 11.3. The third kappa shape index (κ3) is 1.56. The van der Waals surface area contributed by atoms with Crippen LogP contribution in [-0.4, -0.2) is 35.9 Å². The van der Waals surface area contributed by atoms with Gasteiger partial charge in [0.05, 0.1) is 18.1 Å². The fraction of sp³-hybridized carbons (Fsp3) is 0.933. The summed E-state index contributed by atoms with van der Waals surface area (Å²) in [4.78, 5) is 12.4. The molecular weight excluding hydrogens is 242 g/mol. The van der Waals surface area contributed by atoms with Crippen molar-refractivity contribution >= 4 is 5.91 Å². The zero-order chi connectivity index (χ0) is 13.0. The standard InChI is InChI=1S/C15H23NO3/c17-11-4-1-3-9(11)14(18)16-12-10-5-8-19-13(10)15(12)6-2-7-15/h9-13,17H,1-8H2,(H,16,18). The first-order valence-corrected chi connectivity index (χ1v) is 7.82. The van der Waals surface area contributed by atoms with Gasteiger partial charge < -0.3 is 15.2 Å². The summed E-state index contributed by atoms with van der Waals surface area (Å²) >= 11 is 0. The van der Waals surface area contributed by atoms with E-state index in [1.807, 2.05) is 0 Å². The van der Waals surface area contributed by atoms with Gasteiger partial charge in [-0.1, -0.05) is 6.42 Å². The number of hydrogen-bond donors (Lipinski definition) is 2. The number of ether oxygens (including phenoxy) is 1. The number of aliphatic hydroxyl groups is 1. The molecule has 3 aliphatic carbocycles. The molecule has 0 bridgehead atoms. The van der Waals surface area contributed by atoms with Gasteiger partial charge in [-0.2, -0.15) is 0 Å². The van der Waals surface area contributed by atoms with Crippen molar-refractivity contribution in [3.8, 4) is 0 Å². The first-order chi connectivity index (χ1) is 9.22. The molecule has 4 rings (SSSR count). The number of aliphatic hydroxyl groups excluding tert-OH is 1. The van der Waals surface area contributed by atoms with E-state index in [9.17, 15) is 9.90 Å². The predicted octanol–water partition coefficient (Wildman–Crippen LogP) is 1.22. The Bertz CT molecular complexity index is 393. The van der Waals surface area contributed by atoms with Crippen LogP contribution < -0.4 is 5.32 Å². The molecule has 5 unspecified atom stereocenters. The molecule has 1 saturated heterocycles. The maximum atomic E-state index is 12.4. The lowest BCUT2D eigenvalue weighted by Crippen LogP contribution is -2.72. The third-order valence-electron chi connectivity index (χ3n) is 6.15. The molecule has 4 aliphatic rings. The summed E-state index contributed by atoms with van der Waals surface area (Å²) in [7, 11) is 0. The van der Waals surface area contributed by atoms with Crippen LogP contribution in [0.2, 0.25) is 0 Å². The number of carbonyl (C=O) groups is 1. The summed E-state index contributed by atoms with van der Waals surface area (Å²) in [5.41, 5.74) is 0.250. The van der Waals surface area contributed by atoms with Gasteiger partial charge >= 0.3 is 0 Å². The highest BCUT2D eigenvalue weighted by Crippen LogP contribution is 2.62. The van der Waals surface area contributed by atoms with Crippen molar-refractivity contribution in [2.45, 2.75) is 63.2 Å². The third-order valence-corrected chi connectivity index (χ3v) is 6.15. The topological polar surface area (TPSA) is 58.6 Å². The van der Waals surface area contributed by atoms with Crippen LogP contribution in [-0.2, 0) is 9.53 Å². The average Bonchev–Trinajstić information content (AvgIpc) is 2.91. The molecule has 2 N–H and O–H groups in total. The summed E-state index contributed by atoms with van der Waals surface area (Å²) in [5.74, 6) is 0.452. The highest BCUT2D eigenvalue weighted by atomic mass is 16.5. The summed E-state index contributed by atoms with van der Waals surface area (Å²) in [5, 5.41) is 13.1. The van der Waals surface area contributed by atoms with Crippen LogP contribution in [0.3, 0.4) is 0 Å². The molecule has 0 aromatic carbocycles. The lowest BCUT2D eigenvalue weighted by molar-refractivity contribution is -0.180. The smallest absolute Gasteiger partial charge is 0.225 e. The van der Waals surface area contributed by atoms with E-state index in [0.29, 0.717) is 18.1 Å². The van der Waals surface area contributed by atoms with Gasteiger partial charge in [0.1, 0.15) is 0 Å². The Morgan fingerprint density at radius 2 is 2.05 bits per heavy atom. The molecule has 4 fully saturated rings. The van der Waals surface area contributed by atoms with Gasteiger partial charge in [-0.25, -0.2) is 0 Å². The van der Waals surface area contributed by atoms with Crippen LogP contribution in [0.15, 0.2) is 0 Å². The largest absolute Gasteiger partial charge is 0.392 e. The summed E-state index contributed by atoms with van der Waals surface area (Å²) < 4.78 is 5.87. The molecule has 5 atom stereocenters. The molecule has 19 heavy (non-hydrogen) atoms. The first kappa shape index (κ1) is 12.2. The Morgan fingerprint density at radius 1 is 1.21 bits per heavy atom. The number of amides is 1. The van der Waals surface area contributed by atoms with E-state index in [0.717, 1.165) is 32.3 Å². The maximum Gasteiger partial charge on any atom is 0.225 e. The Morgan fingerprint density at radius 3 is 2.68 bits per heavy atom. The number of hydrogen-bond acceptors (Lipinski definition) is 3. The minimum absolute atomic E-state index is 0.0895. The molecule has 1 spiro atoms. The van der Waals surface area contributed by atoms with Gasteiger partial charge in [-0.3, -0.25) is 4.79 Å². The van der Waals surface area contributed by atoms with Gasteiger partial charge in [0.2, 0.25) is 5.91 Å². The minimum atomic E-state index is -0.423. The Kier molecular flexibility index (Phi) is 2.68. The fourth-order valence-electron chi connectivity index (χ4n) is 4.96. The van der Waals surface area contributed by atoms with E-state index in [4.69, 9.17) is 4.74 Å². The number of nitrogens with one attached hydrogen (secondary N) is 1. The molecule has 1 heterocycles. The molecule has 1 amide bonds. The lowest BCUT2D eigenvalue weighted by atomic mass is 9.46. The van der Waals surface area contributed by atoms with Crippen molar-refractivity contribution in [1.29, 1.82) is 0 Å². The fourth-order valence-corrected chi connectivity index (χ4v) is 4.96. The maximum absolute atomic E-state index is 12.4. The highest BCUT2D eigenvalue weighted by Gasteiger charge is 2.67. The van der Waals surface area contributed by atoms with Crippen LogP contribution >= 0.6 is 0 Å². The molecule has 0 aromatic heterocycles. The summed E-state index contributed by atoms with van der Waals surface area (Å²) in [6, 6.07) is 0.314. The van der Waals surface area contributed by atoms with E-state index in [1.165, 1.54) is 19.3 Å². The summed E-state index contributed by atoms with van der Waals surface area (Å²) in [6.45, 7) is 0.857. The van der Waals surface area contributed by atoms with Gasteiger partial charge in [-0.15, -0.1) is 0 Å². The van der Waals surface area contributed by atoms with Crippen LogP contribution in [0.5, 0.6) is 0 Å². The molecule has 1 aliphatic heterocycles. The van der Waals surface area contributed by atoms with Gasteiger partial charge in [0.25, 0.3) is 0 Å². The van der Waals surface area contributed by atoms with Crippen LogP contribution in [0, 0.1) is 17.3 Å². The SMILES string of the molecule is O=C(NC1C2CCOC2C12CCC2)C1CCCC1O. The van der Waals surface area contributed by atoms with Gasteiger partial charge in [-0.05, 0) is 38.5 Å². The normalized spacial score (nSPS) is 46.5. The van der Waals surface area contributed by atoms with Gasteiger partial charge in [0, 0.05) is 24.0 Å². The van der Waals surface area contributed by atoms with Crippen molar-refractivity contribution < 1.29 is 14.6 Å². The number of carbonyl (C=O) groups excluding carboxylic acids is 1. The molecule has 4 heteroatoms. The summed E-state index contributed by atoms with van der Waals surface area (Å²) in [6.07, 6.45) is 7.34. The Labute approximate surface area is 113 Å². The molecular formula is C15H23NO3. The van der Waals surface area contributed by atoms with Crippen LogP contribution in [0.1, 0.15) is 44.9 Å². The first-order valence-electron chi connectivity index (χ1n) is 7.82.